The number of amides is 2. The predicted octanol–water partition coefficient (Wildman–Crippen LogP) is 3.50. The molecule has 1 aliphatic rings. The van der Waals surface area contributed by atoms with Crippen molar-refractivity contribution < 1.29 is 13.6 Å². The summed E-state index contributed by atoms with van der Waals surface area (Å²) in [5.74, 6) is -1.55. The van der Waals surface area contributed by atoms with E-state index in [0.717, 1.165) is 30.7 Å². The van der Waals surface area contributed by atoms with E-state index in [4.69, 9.17) is 0 Å². The summed E-state index contributed by atoms with van der Waals surface area (Å²) < 4.78 is 29.2. The van der Waals surface area contributed by atoms with E-state index >= 15 is 0 Å². The number of aromatic nitrogens is 1. The van der Waals surface area contributed by atoms with Gasteiger partial charge in [-0.15, -0.1) is 0 Å². The van der Waals surface area contributed by atoms with Gasteiger partial charge >= 0.3 is 6.03 Å². The van der Waals surface area contributed by atoms with Crippen molar-refractivity contribution in [2.45, 2.75) is 25.4 Å². The van der Waals surface area contributed by atoms with E-state index in [9.17, 15) is 13.6 Å². The standard InChI is InChI=1S/C16H17F2N3O/c1-20-9-3-4-12(20)10-21(11-7-8-11)16(22)19-15-13(17)5-2-6-14(15)18/h2-6,9,11H,7-8,10H2,1H3,(H,19,22). The maximum Gasteiger partial charge on any atom is 0.322 e. The fraction of sp³-hybridized carbons (Fsp3) is 0.312. The summed E-state index contributed by atoms with van der Waals surface area (Å²) >= 11 is 0. The lowest BCUT2D eigenvalue weighted by molar-refractivity contribution is 0.204. The first-order chi connectivity index (χ1) is 10.6. The lowest BCUT2D eigenvalue weighted by Crippen LogP contribution is -2.37. The highest BCUT2D eigenvalue weighted by atomic mass is 19.1. The molecule has 0 radical (unpaired) electrons. The van der Waals surface area contributed by atoms with Gasteiger partial charge in [0, 0.05) is 25.0 Å². The van der Waals surface area contributed by atoms with Crippen LogP contribution in [-0.4, -0.2) is 21.5 Å². The van der Waals surface area contributed by atoms with Gasteiger partial charge in [0.1, 0.15) is 17.3 Å². The number of halogens is 2. The predicted molar refractivity (Wildman–Crippen MR) is 79.4 cm³/mol. The second-order valence-corrected chi connectivity index (χ2v) is 5.50. The number of para-hydroxylation sites is 1. The Balaban J connectivity index is 1.77. The molecule has 0 atom stereocenters. The topological polar surface area (TPSA) is 37.3 Å². The van der Waals surface area contributed by atoms with Gasteiger partial charge in [0.15, 0.2) is 0 Å². The van der Waals surface area contributed by atoms with Gasteiger partial charge in [-0.1, -0.05) is 6.07 Å². The molecule has 0 bridgehead atoms. The molecule has 4 nitrogen and oxygen atoms in total. The summed E-state index contributed by atoms with van der Waals surface area (Å²) in [6, 6.07) is 6.98. The Hall–Kier alpha value is -2.37. The molecule has 3 rings (SSSR count). The number of hydrogen-bond donors (Lipinski definition) is 1. The smallest absolute Gasteiger partial charge is 0.322 e. The lowest BCUT2D eigenvalue weighted by atomic mass is 10.3. The summed E-state index contributed by atoms with van der Waals surface area (Å²) in [7, 11) is 1.90. The van der Waals surface area contributed by atoms with Crippen LogP contribution in [0.1, 0.15) is 18.5 Å². The molecule has 6 heteroatoms. The summed E-state index contributed by atoms with van der Waals surface area (Å²) in [6.45, 7) is 0.413. The Morgan fingerprint density at radius 1 is 1.27 bits per heavy atom. The third kappa shape index (κ3) is 2.95. The van der Waals surface area contributed by atoms with Crippen LogP contribution >= 0.6 is 0 Å². The Kier molecular flexibility index (Phi) is 3.83. The maximum atomic E-state index is 13.7. The summed E-state index contributed by atoms with van der Waals surface area (Å²) in [5.41, 5.74) is 0.570. The molecule has 1 aromatic carbocycles. The molecule has 1 aromatic heterocycles. The zero-order valence-corrected chi connectivity index (χ0v) is 12.2. The van der Waals surface area contributed by atoms with Gasteiger partial charge in [-0.05, 0) is 37.1 Å². The number of carbonyl (C=O) groups excluding carboxylic acids is 1. The third-order valence-corrected chi connectivity index (χ3v) is 3.83. The first-order valence-electron chi connectivity index (χ1n) is 7.18. The van der Waals surface area contributed by atoms with Crippen LogP contribution in [0.5, 0.6) is 0 Å². The Bertz CT molecular complexity index is 674. The van der Waals surface area contributed by atoms with Crippen molar-refractivity contribution in [2.75, 3.05) is 5.32 Å². The van der Waals surface area contributed by atoms with Crippen molar-refractivity contribution in [3.8, 4) is 0 Å². The summed E-state index contributed by atoms with van der Waals surface area (Å²) in [4.78, 5) is 14.0. The maximum absolute atomic E-state index is 13.7. The van der Waals surface area contributed by atoms with Gasteiger partial charge in [-0.25, -0.2) is 13.6 Å². The van der Waals surface area contributed by atoms with Crippen LogP contribution in [0.3, 0.4) is 0 Å². The van der Waals surface area contributed by atoms with Crippen LogP contribution in [-0.2, 0) is 13.6 Å². The van der Waals surface area contributed by atoms with E-state index < -0.39 is 23.4 Å². The molecule has 2 amide bonds. The molecule has 1 saturated carbocycles. The van der Waals surface area contributed by atoms with Gasteiger partial charge in [0.2, 0.25) is 0 Å². The highest BCUT2D eigenvalue weighted by Gasteiger charge is 2.33. The van der Waals surface area contributed by atoms with Gasteiger partial charge in [0.05, 0.1) is 6.54 Å². The average molecular weight is 305 g/mol. The largest absolute Gasteiger partial charge is 0.353 e. The molecule has 0 unspecified atom stereocenters. The monoisotopic (exact) mass is 305 g/mol. The van der Waals surface area contributed by atoms with Crippen LogP contribution in [0.4, 0.5) is 19.3 Å². The molecular formula is C16H17F2N3O. The number of rotatable bonds is 4. The molecule has 1 aliphatic carbocycles. The van der Waals surface area contributed by atoms with E-state index in [0.29, 0.717) is 6.54 Å². The SMILES string of the molecule is Cn1cccc1CN(C(=O)Nc1c(F)cccc1F)C1CC1. The number of benzene rings is 1. The van der Waals surface area contributed by atoms with Crippen molar-refractivity contribution in [1.29, 1.82) is 0 Å². The second kappa shape index (κ2) is 5.79. The second-order valence-electron chi connectivity index (χ2n) is 5.50. The molecule has 0 saturated heterocycles. The highest BCUT2D eigenvalue weighted by molar-refractivity contribution is 5.90. The van der Waals surface area contributed by atoms with Gasteiger partial charge in [-0.2, -0.15) is 0 Å². The fourth-order valence-electron chi connectivity index (χ4n) is 2.38. The molecule has 1 N–H and O–H groups in total. The first-order valence-corrected chi connectivity index (χ1v) is 7.18. The van der Waals surface area contributed by atoms with Crippen molar-refractivity contribution >= 4 is 11.7 Å². The zero-order valence-electron chi connectivity index (χ0n) is 12.2. The number of urea groups is 1. The number of carbonyl (C=O) groups is 1. The minimum absolute atomic E-state index is 0.129. The normalized spacial score (nSPS) is 14.0. The van der Waals surface area contributed by atoms with E-state index in [1.807, 2.05) is 29.9 Å². The van der Waals surface area contributed by atoms with Gasteiger partial charge in [-0.3, -0.25) is 0 Å². The van der Waals surface area contributed by atoms with Crippen LogP contribution in [0.2, 0.25) is 0 Å². The van der Waals surface area contributed by atoms with Gasteiger partial charge < -0.3 is 14.8 Å². The Morgan fingerprint density at radius 2 is 1.95 bits per heavy atom. The lowest BCUT2D eigenvalue weighted by Gasteiger charge is -2.23. The van der Waals surface area contributed by atoms with Crippen LogP contribution in [0, 0.1) is 11.6 Å². The summed E-state index contributed by atoms with van der Waals surface area (Å²) in [5, 5.41) is 2.36. The molecule has 1 heterocycles. The first kappa shape index (κ1) is 14.6. The molecule has 0 spiro atoms. The van der Waals surface area contributed by atoms with Crippen LogP contribution < -0.4 is 5.32 Å². The molecule has 1 fully saturated rings. The minimum atomic E-state index is -0.775. The molecule has 0 aliphatic heterocycles. The van der Waals surface area contributed by atoms with Crippen LogP contribution in [0.25, 0.3) is 0 Å². The molecule has 2 aromatic rings. The number of anilines is 1. The molecular weight excluding hydrogens is 288 g/mol. The number of aryl methyl sites for hydroxylation is 1. The number of hydrogen-bond acceptors (Lipinski definition) is 1. The van der Waals surface area contributed by atoms with E-state index in [1.54, 1.807) is 4.90 Å². The zero-order chi connectivity index (χ0) is 15.7. The third-order valence-electron chi connectivity index (χ3n) is 3.83. The molecule has 22 heavy (non-hydrogen) atoms. The summed E-state index contributed by atoms with van der Waals surface area (Å²) in [6.07, 6.45) is 3.73. The average Bonchev–Trinajstić information content (AvgIpc) is 3.24. The van der Waals surface area contributed by atoms with Gasteiger partial charge in [0.25, 0.3) is 0 Å². The minimum Gasteiger partial charge on any atom is -0.353 e. The van der Waals surface area contributed by atoms with Crippen LogP contribution in [0.15, 0.2) is 36.5 Å². The fourth-order valence-corrected chi connectivity index (χ4v) is 2.38. The number of nitrogens with one attached hydrogen (secondary N) is 1. The quantitative estimate of drug-likeness (QED) is 0.922. The van der Waals surface area contributed by atoms with Crippen molar-refractivity contribution in [3.63, 3.8) is 0 Å². The highest BCUT2D eigenvalue weighted by Crippen LogP contribution is 2.29. The number of nitrogens with zero attached hydrogens (tertiary/aromatic N) is 2. The van der Waals surface area contributed by atoms with Crippen molar-refractivity contribution in [3.05, 3.63) is 53.9 Å². The molecule has 116 valence electrons. The van der Waals surface area contributed by atoms with E-state index in [1.165, 1.54) is 6.07 Å². The Morgan fingerprint density at radius 3 is 2.50 bits per heavy atom. The van der Waals surface area contributed by atoms with Crippen molar-refractivity contribution in [1.82, 2.24) is 9.47 Å². The Labute approximate surface area is 127 Å². The van der Waals surface area contributed by atoms with E-state index in [2.05, 4.69) is 5.32 Å². The van der Waals surface area contributed by atoms with Crippen molar-refractivity contribution in [2.24, 2.45) is 7.05 Å². The van der Waals surface area contributed by atoms with E-state index in [-0.39, 0.29) is 6.04 Å².